The second-order valence-electron chi connectivity index (χ2n) is 9.56. The van der Waals surface area contributed by atoms with E-state index < -0.39 is 0 Å². The Morgan fingerprint density at radius 3 is 1.41 bits per heavy atom. The van der Waals surface area contributed by atoms with E-state index in [0.29, 0.717) is 18.6 Å². The Morgan fingerprint density at radius 1 is 0.704 bits per heavy atom. The van der Waals surface area contributed by atoms with Gasteiger partial charge in [-0.25, -0.2) is 0 Å². The van der Waals surface area contributed by atoms with E-state index in [2.05, 4.69) is 27.0 Å². The predicted octanol–water partition coefficient (Wildman–Crippen LogP) is 6.81. The van der Waals surface area contributed by atoms with Crippen LogP contribution in [0, 0.1) is 29.1 Å². The molecule has 0 aromatic carbocycles. The molecule has 0 radical (unpaired) electrons. The van der Waals surface area contributed by atoms with Crippen molar-refractivity contribution < 1.29 is 9.47 Å². The van der Waals surface area contributed by atoms with Crippen LogP contribution in [0.5, 0.6) is 0 Å². The molecule has 0 heterocycles. The van der Waals surface area contributed by atoms with E-state index in [4.69, 9.17) is 9.47 Å². The van der Waals surface area contributed by atoms with Crippen LogP contribution < -0.4 is 0 Å². The molecule has 156 valence electrons. The number of ether oxygens (including phenoxy) is 2. The Balaban J connectivity index is 1.67. The molecule has 27 heavy (non-hydrogen) atoms. The minimum atomic E-state index is 0.509. The van der Waals surface area contributed by atoms with Crippen molar-refractivity contribution in [2.45, 2.75) is 78.1 Å². The maximum atomic E-state index is 5.59. The minimum absolute atomic E-state index is 0.509. The largest absolute Gasteiger partial charge is 0.377 e. The zero-order valence-electron chi connectivity index (χ0n) is 18.1. The smallest absolute Gasteiger partial charge is 0.0644 e. The molecule has 2 aliphatic rings. The Hall–Kier alpha value is -0.600. The highest BCUT2D eigenvalue weighted by Crippen LogP contribution is 2.50. The van der Waals surface area contributed by atoms with Crippen LogP contribution in [0.3, 0.4) is 0 Å². The average molecular weight is 377 g/mol. The molecule has 2 aliphatic carbocycles. The van der Waals surface area contributed by atoms with Crippen LogP contribution in [0.1, 0.15) is 78.1 Å². The Bertz CT molecular complexity index is 374. The minimum Gasteiger partial charge on any atom is -0.377 e. The van der Waals surface area contributed by atoms with Crippen molar-refractivity contribution in [3.63, 3.8) is 0 Å². The van der Waals surface area contributed by atoms with Gasteiger partial charge in [0.2, 0.25) is 0 Å². The second-order valence-corrected chi connectivity index (χ2v) is 9.56. The number of hydrogen-bond acceptors (Lipinski definition) is 2. The molecule has 0 aromatic heterocycles. The maximum Gasteiger partial charge on any atom is 0.0644 e. The Kier molecular flexibility index (Phi) is 10.1. The third-order valence-electron chi connectivity index (χ3n) is 7.61. The highest BCUT2D eigenvalue weighted by Gasteiger charge is 2.40. The Labute approximate surface area is 168 Å². The molecular formula is C25H44O2. The van der Waals surface area contributed by atoms with Crippen LogP contribution in [0.25, 0.3) is 0 Å². The summed E-state index contributed by atoms with van der Waals surface area (Å²) >= 11 is 0. The van der Waals surface area contributed by atoms with Crippen LogP contribution in [0.2, 0.25) is 0 Å². The molecule has 0 spiro atoms. The lowest BCUT2D eigenvalue weighted by molar-refractivity contribution is 0.0300. The van der Waals surface area contributed by atoms with Crippen LogP contribution in [-0.2, 0) is 9.47 Å². The monoisotopic (exact) mass is 376 g/mol. The molecule has 0 aromatic rings. The summed E-state index contributed by atoms with van der Waals surface area (Å²) in [7, 11) is 0. The molecule has 0 saturated heterocycles. The highest BCUT2D eigenvalue weighted by molar-refractivity contribution is 4.90. The molecule has 0 amide bonds. The molecule has 0 atom stereocenters. The van der Waals surface area contributed by atoms with Gasteiger partial charge in [0, 0.05) is 13.2 Å². The van der Waals surface area contributed by atoms with Crippen molar-refractivity contribution in [1.82, 2.24) is 0 Å². The van der Waals surface area contributed by atoms with Gasteiger partial charge in [-0.05, 0) is 67.6 Å². The van der Waals surface area contributed by atoms with Gasteiger partial charge in [0.1, 0.15) is 0 Å². The van der Waals surface area contributed by atoms with E-state index in [0.717, 1.165) is 36.9 Å². The zero-order valence-corrected chi connectivity index (χ0v) is 18.1. The molecule has 0 N–H and O–H groups in total. The molecule has 0 bridgehead atoms. The maximum absolute atomic E-state index is 5.59. The van der Waals surface area contributed by atoms with Crippen molar-refractivity contribution >= 4 is 0 Å². The van der Waals surface area contributed by atoms with Crippen molar-refractivity contribution in [2.24, 2.45) is 29.1 Å². The molecule has 2 heteroatoms. The van der Waals surface area contributed by atoms with Crippen LogP contribution in [-0.4, -0.2) is 26.4 Å². The van der Waals surface area contributed by atoms with Gasteiger partial charge in [-0.15, -0.1) is 13.2 Å². The van der Waals surface area contributed by atoms with Crippen molar-refractivity contribution in [1.29, 1.82) is 0 Å². The van der Waals surface area contributed by atoms with Crippen LogP contribution in [0.15, 0.2) is 25.3 Å². The van der Waals surface area contributed by atoms with Gasteiger partial charge in [0.05, 0.1) is 13.2 Å². The SMILES string of the molecule is C=CCOCCC1CCC(C(C)(C)C2CCC(CCOCC=C)CC2)CC1. The van der Waals surface area contributed by atoms with Gasteiger partial charge in [0.15, 0.2) is 0 Å². The van der Waals surface area contributed by atoms with Gasteiger partial charge in [-0.3, -0.25) is 0 Å². The first kappa shape index (κ1) is 22.7. The lowest BCUT2D eigenvalue weighted by Crippen LogP contribution is -2.37. The lowest BCUT2D eigenvalue weighted by Gasteiger charge is -2.47. The Morgan fingerprint density at radius 2 is 1.07 bits per heavy atom. The summed E-state index contributed by atoms with van der Waals surface area (Å²) in [6.07, 6.45) is 17.5. The molecule has 0 unspecified atom stereocenters. The third-order valence-corrected chi connectivity index (χ3v) is 7.61. The van der Waals surface area contributed by atoms with Gasteiger partial charge >= 0.3 is 0 Å². The van der Waals surface area contributed by atoms with Gasteiger partial charge in [-0.2, -0.15) is 0 Å². The van der Waals surface area contributed by atoms with Crippen LogP contribution in [0.4, 0.5) is 0 Å². The molecule has 0 aliphatic heterocycles. The van der Waals surface area contributed by atoms with Crippen molar-refractivity contribution in [3.8, 4) is 0 Å². The van der Waals surface area contributed by atoms with E-state index in [-0.39, 0.29) is 0 Å². The quantitative estimate of drug-likeness (QED) is 0.275. The third kappa shape index (κ3) is 7.38. The first-order valence-electron chi connectivity index (χ1n) is 11.4. The predicted molar refractivity (Wildman–Crippen MR) is 116 cm³/mol. The second kappa shape index (κ2) is 12.1. The van der Waals surface area contributed by atoms with Gasteiger partial charge < -0.3 is 9.47 Å². The van der Waals surface area contributed by atoms with Gasteiger partial charge in [0.25, 0.3) is 0 Å². The summed E-state index contributed by atoms with van der Waals surface area (Å²) in [5, 5.41) is 0. The highest BCUT2D eigenvalue weighted by atomic mass is 16.5. The number of hydrogen-bond donors (Lipinski definition) is 0. The van der Waals surface area contributed by atoms with Crippen LogP contribution >= 0.6 is 0 Å². The fraction of sp³-hybridized carbons (Fsp3) is 0.840. The summed E-state index contributed by atoms with van der Waals surface area (Å²) in [4.78, 5) is 0. The van der Waals surface area contributed by atoms with E-state index >= 15 is 0 Å². The standard InChI is InChI=1S/C25H44O2/c1-5-17-26-19-15-21-7-11-23(12-8-21)25(3,4)24-13-9-22(10-14-24)16-20-27-18-6-2/h5-6,21-24H,1-2,7-20H2,3-4H3. The normalized spacial score (nSPS) is 29.4. The summed E-state index contributed by atoms with van der Waals surface area (Å²) in [6, 6.07) is 0. The first-order valence-corrected chi connectivity index (χ1v) is 11.4. The van der Waals surface area contributed by atoms with Gasteiger partial charge in [-0.1, -0.05) is 51.7 Å². The lowest BCUT2D eigenvalue weighted by atomic mass is 9.59. The van der Waals surface area contributed by atoms with Crippen molar-refractivity contribution in [3.05, 3.63) is 25.3 Å². The first-order chi connectivity index (χ1) is 13.1. The van der Waals surface area contributed by atoms with E-state index in [1.807, 2.05) is 12.2 Å². The van der Waals surface area contributed by atoms with Crippen molar-refractivity contribution in [2.75, 3.05) is 26.4 Å². The molecule has 2 saturated carbocycles. The van der Waals surface area contributed by atoms with E-state index in [9.17, 15) is 0 Å². The zero-order chi connectivity index (χ0) is 19.5. The van der Waals surface area contributed by atoms with E-state index in [1.54, 1.807) is 0 Å². The molecule has 2 fully saturated rings. The summed E-state index contributed by atoms with van der Waals surface area (Å²) in [6.45, 7) is 15.8. The summed E-state index contributed by atoms with van der Waals surface area (Å²) in [5.74, 6) is 3.60. The fourth-order valence-corrected chi connectivity index (χ4v) is 5.56. The summed E-state index contributed by atoms with van der Waals surface area (Å²) in [5.41, 5.74) is 0.509. The topological polar surface area (TPSA) is 18.5 Å². The summed E-state index contributed by atoms with van der Waals surface area (Å²) < 4.78 is 11.2. The fourth-order valence-electron chi connectivity index (χ4n) is 5.56. The number of rotatable bonds is 12. The molecule has 2 nitrogen and oxygen atoms in total. The average Bonchev–Trinajstić information content (AvgIpc) is 2.69. The molecule has 2 rings (SSSR count). The molecular weight excluding hydrogens is 332 g/mol. The van der Waals surface area contributed by atoms with E-state index in [1.165, 1.54) is 64.2 Å².